The molecule has 5 nitrogen and oxygen atoms in total. The monoisotopic (exact) mass is 324 g/mol. The number of alkyl halides is 3. The molecule has 1 N–H and O–H groups in total. The van der Waals surface area contributed by atoms with Crippen LogP contribution in [-0.4, -0.2) is 10.8 Å². The molecule has 0 radical (unpaired) electrons. The van der Waals surface area contributed by atoms with Crippen LogP contribution in [0.15, 0.2) is 42.5 Å². The number of rotatable bonds is 3. The molecule has 0 saturated heterocycles. The van der Waals surface area contributed by atoms with Crippen LogP contribution in [0.3, 0.4) is 0 Å². The van der Waals surface area contributed by atoms with Crippen LogP contribution in [0, 0.1) is 17.0 Å². The average molecular weight is 324 g/mol. The first-order chi connectivity index (χ1) is 10.7. The van der Waals surface area contributed by atoms with Gasteiger partial charge in [0.2, 0.25) is 0 Å². The van der Waals surface area contributed by atoms with Gasteiger partial charge in [0.25, 0.3) is 11.6 Å². The minimum absolute atomic E-state index is 0.0150. The number of hydrogen-bond donors (Lipinski definition) is 1. The van der Waals surface area contributed by atoms with Crippen LogP contribution in [-0.2, 0) is 6.18 Å². The first-order valence-corrected chi connectivity index (χ1v) is 6.42. The van der Waals surface area contributed by atoms with E-state index in [0.29, 0.717) is 5.56 Å². The molecule has 2 aromatic carbocycles. The number of nitro groups is 1. The minimum Gasteiger partial charge on any atom is -0.322 e. The van der Waals surface area contributed by atoms with Crippen molar-refractivity contribution in [1.82, 2.24) is 0 Å². The molecule has 8 heteroatoms. The van der Waals surface area contributed by atoms with Crippen molar-refractivity contribution in [3.05, 3.63) is 69.3 Å². The van der Waals surface area contributed by atoms with Gasteiger partial charge in [0.1, 0.15) is 0 Å². The highest BCUT2D eigenvalue weighted by molar-refractivity contribution is 6.04. The Balaban J connectivity index is 2.19. The second kappa shape index (κ2) is 6.07. The molecule has 120 valence electrons. The van der Waals surface area contributed by atoms with E-state index in [-0.39, 0.29) is 16.9 Å². The third kappa shape index (κ3) is 3.85. The Morgan fingerprint density at radius 2 is 1.74 bits per heavy atom. The molecule has 0 aliphatic heterocycles. The van der Waals surface area contributed by atoms with Crippen molar-refractivity contribution in [1.29, 1.82) is 0 Å². The van der Waals surface area contributed by atoms with Crippen molar-refractivity contribution >= 4 is 17.3 Å². The summed E-state index contributed by atoms with van der Waals surface area (Å²) in [7, 11) is 0. The average Bonchev–Trinajstić information content (AvgIpc) is 2.48. The van der Waals surface area contributed by atoms with E-state index in [0.717, 1.165) is 24.3 Å². The quantitative estimate of drug-likeness (QED) is 0.680. The van der Waals surface area contributed by atoms with Gasteiger partial charge in [0, 0.05) is 22.9 Å². The van der Waals surface area contributed by atoms with E-state index in [2.05, 4.69) is 5.32 Å². The standard InChI is InChI=1S/C15H11F3N2O3/c1-9-2-7-12(8-13(9)20(22)23)19-14(21)10-3-5-11(6-4-10)15(16,17)18/h2-8H,1H3,(H,19,21). The summed E-state index contributed by atoms with van der Waals surface area (Å²) in [5.41, 5.74) is -0.383. The molecule has 0 aliphatic carbocycles. The second-order valence-corrected chi connectivity index (χ2v) is 4.79. The van der Waals surface area contributed by atoms with Crippen molar-refractivity contribution in [2.45, 2.75) is 13.1 Å². The number of hydrogen-bond acceptors (Lipinski definition) is 3. The van der Waals surface area contributed by atoms with Crippen LogP contribution < -0.4 is 5.32 Å². The Kier molecular flexibility index (Phi) is 4.35. The van der Waals surface area contributed by atoms with Gasteiger partial charge in [-0.1, -0.05) is 6.07 Å². The molecule has 0 fully saturated rings. The number of benzene rings is 2. The number of nitrogens with zero attached hydrogens (tertiary/aromatic N) is 1. The topological polar surface area (TPSA) is 72.2 Å². The van der Waals surface area contributed by atoms with Crippen molar-refractivity contribution in [2.75, 3.05) is 5.32 Å². The number of carbonyl (C=O) groups excluding carboxylic acids is 1. The highest BCUT2D eigenvalue weighted by atomic mass is 19.4. The molecular weight excluding hydrogens is 313 g/mol. The summed E-state index contributed by atoms with van der Waals surface area (Å²) >= 11 is 0. The molecule has 1 amide bonds. The Morgan fingerprint density at radius 1 is 1.13 bits per heavy atom. The summed E-state index contributed by atoms with van der Waals surface area (Å²) in [5.74, 6) is -0.656. The number of halogens is 3. The zero-order valence-corrected chi connectivity index (χ0v) is 11.8. The van der Waals surface area contributed by atoms with Gasteiger partial charge in [0.05, 0.1) is 10.5 Å². The number of carbonyl (C=O) groups is 1. The molecule has 0 aliphatic rings. The first-order valence-electron chi connectivity index (χ1n) is 6.42. The van der Waals surface area contributed by atoms with Crippen LogP contribution in [0.25, 0.3) is 0 Å². The largest absolute Gasteiger partial charge is 0.416 e. The van der Waals surface area contributed by atoms with Crippen LogP contribution in [0.1, 0.15) is 21.5 Å². The molecule has 0 saturated carbocycles. The Hall–Kier alpha value is -2.90. The Morgan fingerprint density at radius 3 is 2.26 bits per heavy atom. The highest BCUT2D eigenvalue weighted by Gasteiger charge is 2.30. The summed E-state index contributed by atoms with van der Waals surface area (Å²) in [5, 5.41) is 13.3. The summed E-state index contributed by atoms with van der Waals surface area (Å²) in [6.07, 6.45) is -4.48. The second-order valence-electron chi connectivity index (χ2n) is 4.79. The molecule has 0 heterocycles. The highest BCUT2D eigenvalue weighted by Crippen LogP contribution is 2.29. The van der Waals surface area contributed by atoms with E-state index >= 15 is 0 Å². The molecule has 0 bridgehead atoms. The van der Waals surface area contributed by atoms with E-state index in [9.17, 15) is 28.1 Å². The fourth-order valence-corrected chi connectivity index (χ4v) is 1.90. The zero-order valence-electron chi connectivity index (χ0n) is 11.8. The molecule has 0 unspecified atom stereocenters. The lowest BCUT2D eigenvalue weighted by Crippen LogP contribution is -2.13. The van der Waals surface area contributed by atoms with E-state index in [4.69, 9.17) is 0 Å². The van der Waals surface area contributed by atoms with E-state index < -0.39 is 22.6 Å². The van der Waals surface area contributed by atoms with Gasteiger partial charge in [-0.25, -0.2) is 0 Å². The fraction of sp³-hybridized carbons (Fsp3) is 0.133. The lowest BCUT2D eigenvalue weighted by atomic mass is 10.1. The van der Waals surface area contributed by atoms with E-state index in [1.807, 2.05) is 0 Å². The maximum atomic E-state index is 12.5. The predicted octanol–water partition coefficient (Wildman–Crippen LogP) is 4.17. The van der Waals surface area contributed by atoms with Crippen molar-refractivity contribution in [3.8, 4) is 0 Å². The minimum atomic E-state index is -4.48. The zero-order chi connectivity index (χ0) is 17.2. The van der Waals surface area contributed by atoms with Crippen LogP contribution in [0.2, 0.25) is 0 Å². The third-order valence-electron chi connectivity index (χ3n) is 3.14. The maximum Gasteiger partial charge on any atom is 0.416 e. The molecule has 23 heavy (non-hydrogen) atoms. The molecule has 0 aromatic heterocycles. The van der Waals surface area contributed by atoms with E-state index in [1.165, 1.54) is 18.2 Å². The first kappa shape index (κ1) is 16.5. The number of nitrogens with one attached hydrogen (secondary N) is 1. The lowest BCUT2D eigenvalue weighted by Gasteiger charge is -2.09. The van der Waals surface area contributed by atoms with Crippen LogP contribution in [0.4, 0.5) is 24.5 Å². The summed E-state index contributed by atoms with van der Waals surface area (Å²) in [6, 6.07) is 7.82. The number of nitro benzene ring substituents is 1. The Bertz CT molecular complexity index is 756. The number of aryl methyl sites for hydroxylation is 1. The molecule has 0 spiro atoms. The van der Waals surface area contributed by atoms with Crippen LogP contribution in [0.5, 0.6) is 0 Å². The van der Waals surface area contributed by atoms with E-state index in [1.54, 1.807) is 6.92 Å². The summed E-state index contributed by atoms with van der Waals surface area (Å²) in [4.78, 5) is 22.2. The van der Waals surface area contributed by atoms with Crippen molar-refractivity contribution in [2.24, 2.45) is 0 Å². The van der Waals surface area contributed by atoms with Crippen molar-refractivity contribution < 1.29 is 22.9 Å². The maximum absolute atomic E-state index is 12.5. The molecular formula is C15H11F3N2O3. The molecule has 2 rings (SSSR count). The third-order valence-corrected chi connectivity index (χ3v) is 3.14. The summed E-state index contributed by atoms with van der Waals surface area (Å²) in [6.45, 7) is 1.56. The SMILES string of the molecule is Cc1ccc(NC(=O)c2ccc(C(F)(F)F)cc2)cc1[N+](=O)[O-]. The fourth-order valence-electron chi connectivity index (χ4n) is 1.90. The number of anilines is 1. The van der Waals surface area contributed by atoms with Crippen LogP contribution >= 0.6 is 0 Å². The predicted molar refractivity (Wildman–Crippen MR) is 77.2 cm³/mol. The molecule has 0 atom stereocenters. The lowest BCUT2D eigenvalue weighted by molar-refractivity contribution is -0.385. The Labute approximate surface area is 128 Å². The van der Waals surface area contributed by atoms with Gasteiger partial charge in [-0.05, 0) is 37.3 Å². The van der Waals surface area contributed by atoms with Gasteiger partial charge in [-0.2, -0.15) is 13.2 Å². The number of amides is 1. The van der Waals surface area contributed by atoms with Crippen molar-refractivity contribution in [3.63, 3.8) is 0 Å². The summed E-state index contributed by atoms with van der Waals surface area (Å²) < 4.78 is 37.4. The van der Waals surface area contributed by atoms with Gasteiger partial charge in [-0.3, -0.25) is 14.9 Å². The molecule has 2 aromatic rings. The van der Waals surface area contributed by atoms with Gasteiger partial charge in [-0.15, -0.1) is 0 Å². The van der Waals surface area contributed by atoms with Gasteiger partial charge in [0.15, 0.2) is 0 Å². The smallest absolute Gasteiger partial charge is 0.322 e. The normalized spacial score (nSPS) is 11.1. The van der Waals surface area contributed by atoms with Gasteiger partial charge >= 0.3 is 6.18 Å². The van der Waals surface area contributed by atoms with Gasteiger partial charge < -0.3 is 5.32 Å².